The van der Waals surface area contributed by atoms with E-state index in [9.17, 15) is 14.0 Å². The van der Waals surface area contributed by atoms with E-state index in [0.717, 1.165) is 30.6 Å². The number of piperidine rings is 1. The van der Waals surface area contributed by atoms with Crippen LogP contribution in [0.3, 0.4) is 0 Å². The zero-order chi connectivity index (χ0) is 33.6. The molecule has 3 heterocycles. The van der Waals surface area contributed by atoms with E-state index in [4.69, 9.17) is 9.15 Å². The zero-order valence-corrected chi connectivity index (χ0v) is 28.5. The average molecular weight is 679 g/mol. The smallest absolute Gasteiger partial charge is 0.420 e. The summed E-state index contributed by atoms with van der Waals surface area (Å²) in [5.41, 5.74) is 2.69. The van der Waals surface area contributed by atoms with Crippen molar-refractivity contribution in [3.8, 4) is 11.3 Å². The van der Waals surface area contributed by atoms with E-state index in [1.54, 1.807) is 56.4 Å². The van der Waals surface area contributed by atoms with Crippen LogP contribution in [0.15, 0.2) is 70.1 Å². The molecule has 0 aliphatic carbocycles. The number of carbonyl (C=O) groups is 2. The molecule has 12 heteroatoms. The van der Waals surface area contributed by atoms with Gasteiger partial charge in [0, 0.05) is 49.6 Å². The molecular formula is C35H36F2N4O4S2. The lowest BCUT2D eigenvalue weighted by molar-refractivity contribution is 0.0530. The van der Waals surface area contributed by atoms with Crippen LogP contribution < -0.4 is 9.62 Å². The van der Waals surface area contributed by atoms with E-state index in [2.05, 4.69) is 22.4 Å². The standard InChI is InChI=1S/C35H36F2N4O4S2/c1-35(2,3)45-34(43)41-29(16-21-8-6-10-26(37)31(21)41)47-40-15-7-9-22(19-40)24-17-25-28(18-27(24)39(5)46)44-32(30(25)33(42)38-4)20-11-13-23(36)14-12-20/h6,8,10-14,16-18,22,46H,7,9,15,19H2,1-5H3,(H,38,42). The number of para-hydroxylation sites is 1. The average Bonchev–Trinajstić information content (AvgIpc) is 3.58. The maximum atomic E-state index is 15.1. The van der Waals surface area contributed by atoms with E-state index in [1.165, 1.54) is 34.7 Å². The van der Waals surface area contributed by atoms with Crippen molar-refractivity contribution in [3.05, 3.63) is 83.4 Å². The molecular weight excluding hydrogens is 643 g/mol. The molecule has 3 aromatic carbocycles. The van der Waals surface area contributed by atoms with Gasteiger partial charge in [-0.25, -0.2) is 22.4 Å². The van der Waals surface area contributed by atoms with Gasteiger partial charge in [0.15, 0.2) is 0 Å². The molecule has 0 radical (unpaired) electrons. The number of carbonyl (C=O) groups excluding carboxylic acids is 2. The minimum Gasteiger partial charge on any atom is -0.455 e. The summed E-state index contributed by atoms with van der Waals surface area (Å²) in [7, 11) is 3.39. The van der Waals surface area contributed by atoms with Crippen molar-refractivity contribution < 1.29 is 27.5 Å². The Balaban J connectivity index is 1.38. The number of hydrogen-bond donors (Lipinski definition) is 2. The Bertz CT molecular complexity index is 1980. The molecule has 1 fully saturated rings. The molecule has 1 atom stereocenters. The molecule has 1 amide bonds. The van der Waals surface area contributed by atoms with Crippen molar-refractivity contribution in [1.82, 2.24) is 14.2 Å². The fourth-order valence-electron chi connectivity index (χ4n) is 6.07. The summed E-state index contributed by atoms with van der Waals surface area (Å²) in [6.45, 7) is 6.69. The van der Waals surface area contributed by atoms with Crippen molar-refractivity contribution >= 4 is 64.3 Å². The van der Waals surface area contributed by atoms with Gasteiger partial charge in [-0.15, -0.1) is 0 Å². The van der Waals surface area contributed by atoms with Gasteiger partial charge in [0.25, 0.3) is 5.91 Å². The number of nitrogens with zero attached hydrogens (tertiary/aromatic N) is 3. The number of amides is 1. The van der Waals surface area contributed by atoms with Crippen molar-refractivity contribution in [2.45, 2.75) is 50.2 Å². The van der Waals surface area contributed by atoms with Crippen LogP contribution in [0.1, 0.15) is 55.5 Å². The molecule has 6 rings (SSSR count). The molecule has 0 bridgehead atoms. The third-order valence-corrected chi connectivity index (χ3v) is 9.40. The predicted octanol–water partition coefficient (Wildman–Crippen LogP) is 8.64. The maximum absolute atomic E-state index is 15.1. The number of aromatic nitrogens is 1. The van der Waals surface area contributed by atoms with E-state index in [1.807, 2.05) is 25.2 Å². The first-order chi connectivity index (χ1) is 22.3. The van der Waals surface area contributed by atoms with Crippen LogP contribution in [-0.2, 0) is 4.74 Å². The van der Waals surface area contributed by atoms with E-state index in [-0.39, 0.29) is 23.2 Å². The van der Waals surface area contributed by atoms with E-state index in [0.29, 0.717) is 44.8 Å². The highest BCUT2D eigenvalue weighted by Crippen LogP contribution is 2.43. The number of benzene rings is 3. The normalized spacial score (nSPS) is 15.7. The summed E-state index contributed by atoms with van der Waals surface area (Å²) in [4.78, 5) is 26.6. The minimum atomic E-state index is -0.762. The Hall–Kier alpha value is -4.00. The molecule has 0 spiro atoms. The molecule has 1 unspecified atom stereocenters. The molecule has 2 aromatic heterocycles. The third-order valence-electron chi connectivity index (χ3n) is 8.11. The number of rotatable bonds is 6. The van der Waals surface area contributed by atoms with Crippen molar-refractivity contribution in [2.24, 2.45) is 0 Å². The molecule has 1 N–H and O–H groups in total. The van der Waals surface area contributed by atoms with Gasteiger partial charge < -0.3 is 18.8 Å². The Morgan fingerprint density at radius 3 is 2.53 bits per heavy atom. The van der Waals surface area contributed by atoms with Gasteiger partial charge in [0.1, 0.15) is 33.6 Å². The third kappa shape index (κ3) is 6.59. The number of thiol groups is 1. The number of hydrogen-bond acceptors (Lipinski definition) is 8. The minimum absolute atomic E-state index is 0.0306. The highest BCUT2D eigenvalue weighted by Gasteiger charge is 2.31. The highest BCUT2D eigenvalue weighted by molar-refractivity contribution is 7.97. The van der Waals surface area contributed by atoms with Crippen LogP contribution in [0.5, 0.6) is 0 Å². The molecule has 246 valence electrons. The maximum Gasteiger partial charge on any atom is 0.420 e. The zero-order valence-electron chi connectivity index (χ0n) is 26.8. The van der Waals surface area contributed by atoms with Crippen LogP contribution in [0.4, 0.5) is 19.3 Å². The SMILES string of the molecule is CNC(=O)c1c(-c2ccc(F)cc2)oc2cc(N(C)S)c(C3CCCN(Sc4cc5cccc(F)c5n4C(=O)OC(C)(C)C)C3)cc12. The number of fused-ring (bicyclic) bond motifs is 2. The Morgan fingerprint density at radius 2 is 1.85 bits per heavy atom. The molecule has 8 nitrogen and oxygen atoms in total. The molecule has 1 aliphatic heterocycles. The summed E-state index contributed by atoms with van der Waals surface area (Å²) in [5.74, 6) is -0.818. The summed E-state index contributed by atoms with van der Waals surface area (Å²) < 4.78 is 46.0. The van der Waals surface area contributed by atoms with Crippen molar-refractivity contribution in [1.29, 1.82) is 0 Å². The fourth-order valence-corrected chi connectivity index (χ4v) is 7.41. The first-order valence-corrected chi connectivity index (χ1v) is 16.5. The number of ether oxygens (including phenoxy) is 1. The fraction of sp³-hybridized carbons (Fsp3) is 0.314. The summed E-state index contributed by atoms with van der Waals surface area (Å²) in [5, 5.41) is 4.52. The van der Waals surface area contributed by atoms with Gasteiger partial charge in [0.2, 0.25) is 0 Å². The second-order valence-corrected chi connectivity index (χ2v) is 14.3. The van der Waals surface area contributed by atoms with Crippen molar-refractivity contribution in [2.75, 3.05) is 31.5 Å². The topological polar surface area (TPSA) is 80.0 Å². The molecule has 1 aliphatic rings. The largest absolute Gasteiger partial charge is 0.455 e. The van der Waals surface area contributed by atoms with Crippen LogP contribution in [-0.4, -0.2) is 53.7 Å². The van der Waals surface area contributed by atoms with Gasteiger partial charge in [-0.2, -0.15) is 0 Å². The molecule has 0 saturated carbocycles. The van der Waals surface area contributed by atoms with Crippen LogP contribution in [0, 0.1) is 11.6 Å². The second kappa shape index (κ2) is 12.9. The lowest BCUT2D eigenvalue weighted by atomic mass is 9.89. The monoisotopic (exact) mass is 678 g/mol. The van der Waals surface area contributed by atoms with E-state index >= 15 is 4.39 Å². The second-order valence-electron chi connectivity index (χ2n) is 12.6. The Kier molecular flexibility index (Phi) is 9.03. The molecule has 5 aromatic rings. The van der Waals surface area contributed by atoms with Gasteiger partial charge in [0.05, 0.1) is 16.8 Å². The molecule has 1 saturated heterocycles. The lowest BCUT2D eigenvalue weighted by Gasteiger charge is -2.33. The number of anilines is 1. The summed E-state index contributed by atoms with van der Waals surface area (Å²) in [6, 6.07) is 16.3. The first kappa shape index (κ1) is 32.9. The predicted molar refractivity (Wildman–Crippen MR) is 185 cm³/mol. The van der Waals surface area contributed by atoms with Crippen LogP contribution in [0.2, 0.25) is 0 Å². The van der Waals surface area contributed by atoms with Gasteiger partial charge >= 0.3 is 6.09 Å². The van der Waals surface area contributed by atoms with Crippen LogP contribution in [0.25, 0.3) is 33.2 Å². The Labute approximate surface area is 281 Å². The molecule has 47 heavy (non-hydrogen) atoms. The van der Waals surface area contributed by atoms with Gasteiger partial charge in [-0.3, -0.25) is 4.79 Å². The summed E-state index contributed by atoms with van der Waals surface area (Å²) >= 11 is 6.04. The Morgan fingerprint density at radius 1 is 1.11 bits per heavy atom. The number of furan rings is 1. The van der Waals surface area contributed by atoms with Crippen LogP contribution >= 0.6 is 24.8 Å². The van der Waals surface area contributed by atoms with E-state index < -0.39 is 17.5 Å². The van der Waals surface area contributed by atoms with Gasteiger partial charge in [-0.1, -0.05) is 24.9 Å². The number of halogens is 2. The lowest BCUT2D eigenvalue weighted by Crippen LogP contribution is -2.31. The highest BCUT2D eigenvalue weighted by atomic mass is 32.2. The number of nitrogens with one attached hydrogen (secondary N) is 1. The summed E-state index contributed by atoms with van der Waals surface area (Å²) in [6.07, 6.45) is 1.09. The van der Waals surface area contributed by atoms with Gasteiger partial charge in [-0.05, 0) is 99.5 Å². The first-order valence-electron chi connectivity index (χ1n) is 15.3. The van der Waals surface area contributed by atoms with Crippen molar-refractivity contribution in [3.63, 3.8) is 0 Å². The quantitative estimate of drug-likeness (QED) is 0.138.